The van der Waals surface area contributed by atoms with Gasteiger partial charge in [-0.1, -0.05) is 91.0 Å². The van der Waals surface area contributed by atoms with Crippen molar-refractivity contribution in [3.8, 4) is 33.4 Å². The Morgan fingerprint density at radius 2 is 1.16 bits per heavy atom. The van der Waals surface area contributed by atoms with Gasteiger partial charge in [0.05, 0.1) is 9.13 Å². The van der Waals surface area contributed by atoms with Crippen molar-refractivity contribution in [1.82, 2.24) is 5.32 Å². The number of benzene rings is 4. The topological polar surface area (TPSA) is 63.2 Å². The summed E-state index contributed by atoms with van der Waals surface area (Å²) in [7, 11) is 0. The molecule has 0 aromatic heterocycles. The molecular weight excluding hydrogens is 513 g/mol. The molecule has 0 radical (unpaired) electrons. The van der Waals surface area contributed by atoms with E-state index >= 15 is 0 Å². The Morgan fingerprint density at radius 3 is 1.62 bits per heavy atom. The minimum absolute atomic E-state index is 0.286. The average Bonchev–Trinajstić information content (AvgIpc) is 2.84. The molecule has 4 aromatic rings. The van der Waals surface area contributed by atoms with E-state index < -0.39 is 33.0 Å². The van der Waals surface area contributed by atoms with E-state index in [2.05, 4.69) is 5.32 Å². The summed E-state index contributed by atoms with van der Waals surface area (Å²) in [5.41, 5.74) is 5.14. The molecule has 32 heavy (non-hydrogen) atoms. The van der Waals surface area contributed by atoms with Crippen molar-refractivity contribution in [3.63, 3.8) is 0 Å². The number of carbonyl (C=O) groups is 2. The number of imide groups is 1. The van der Waals surface area contributed by atoms with Gasteiger partial charge in [-0.3, -0.25) is 18.0 Å². The van der Waals surface area contributed by atoms with Gasteiger partial charge >= 0.3 is 0 Å². The predicted molar refractivity (Wildman–Crippen MR) is 134 cm³/mol. The molecule has 0 atom stereocenters. The monoisotopic (exact) mass is 533 g/mol. The zero-order chi connectivity index (χ0) is 22.5. The number of amides is 2. The van der Waals surface area contributed by atoms with Crippen LogP contribution in [-0.4, -0.2) is 11.8 Å². The van der Waals surface area contributed by atoms with E-state index in [0.717, 1.165) is 27.8 Å². The molecule has 0 fully saturated rings. The molecule has 0 bridgehead atoms. The molecular formula is C27H20INO3. The van der Waals surface area contributed by atoms with Crippen LogP contribution in [0.25, 0.3) is 33.4 Å². The van der Waals surface area contributed by atoms with Crippen LogP contribution in [0.4, 0.5) is 0 Å². The van der Waals surface area contributed by atoms with E-state index in [0.29, 0.717) is 9.13 Å². The molecule has 2 amide bonds. The van der Waals surface area contributed by atoms with E-state index in [1.807, 2.05) is 97.1 Å². The molecule has 0 saturated heterocycles. The van der Waals surface area contributed by atoms with Gasteiger partial charge in [-0.05, 0) is 33.9 Å². The fourth-order valence-corrected chi connectivity index (χ4v) is 5.19. The second-order valence-electron chi connectivity index (χ2n) is 7.22. The fraction of sp³-hybridized carbons (Fsp3) is 0.0370. The van der Waals surface area contributed by atoms with Gasteiger partial charge in [-0.2, -0.15) is 0 Å². The lowest BCUT2D eigenvalue weighted by Gasteiger charge is -2.20. The van der Waals surface area contributed by atoms with Gasteiger partial charge in [-0.15, -0.1) is 0 Å². The molecule has 0 aliphatic rings. The Morgan fingerprint density at radius 1 is 0.688 bits per heavy atom. The largest absolute Gasteiger partial charge is 0.293 e. The van der Waals surface area contributed by atoms with Crippen LogP contribution >= 0.6 is 21.2 Å². The van der Waals surface area contributed by atoms with E-state index in [-0.39, 0.29) is 5.56 Å². The molecule has 0 spiro atoms. The van der Waals surface area contributed by atoms with Gasteiger partial charge in [0.25, 0.3) is 5.91 Å². The van der Waals surface area contributed by atoms with Crippen molar-refractivity contribution in [2.75, 3.05) is 0 Å². The third-order valence-corrected chi connectivity index (χ3v) is 6.65. The molecule has 0 saturated carbocycles. The Bertz CT molecular complexity index is 1290. The SMILES string of the molecule is CC(=O)NC(=O)c1c(I=O)c(-c2ccccc2)cc(-c2ccccc2)c1-c1ccccc1. The molecule has 4 aromatic carbocycles. The first kappa shape index (κ1) is 21.8. The van der Waals surface area contributed by atoms with Gasteiger partial charge in [-0.25, -0.2) is 0 Å². The second kappa shape index (κ2) is 9.78. The molecule has 4 nitrogen and oxygen atoms in total. The maximum Gasteiger partial charge on any atom is 0.259 e. The summed E-state index contributed by atoms with van der Waals surface area (Å²) in [6, 6.07) is 30.9. The number of hydrogen-bond acceptors (Lipinski definition) is 3. The number of carbonyl (C=O) groups excluding carboxylic acids is 2. The third kappa shape index (κ3) is 4.43. The highest BCUT2D eigenvalue weighted by atomic mass is 127. The van der Waals surface area contributed by atoms with Crippen LogP contribution in [-0.2, 0) is 7.86 Å². The lowest BCUT2D eigenvalue weighted by atomic mass is 9.86. The molecule has 0 heterocycles. The zero-order valence-corrected chi connectivity index (χ0v) is 19.5. The fourth-order valence-electron chi connectivity index (χ4n) is 3.75. The van der Waals surface area contributed by atoms with E-state index in [1.165, 1.54) is 6.92 Å². The van der Waals surface area contributed by atoms with Gasteiger partial charge in [0, 0.05) is 12.5 Å². The highest BCUT2D eigenvalue weighted by molar-refractivity contribution is 14.1. The van der Waals surface area contributed by atoms with Crippen LogP contribution < -0.4 is 5.32 Å². The molecule has 0 unspecified atom stereocenters. The van der Waals surface area contributed by atoms with E-state index in [1.54, 1.807) is 0 Å². The molecule has 1 N–H and O–H groups in total. The van der Waals surface area contributed by atoms with Crippen molar-refractivity contribution in [1.29, 1.82) is 0 Å². The maximum absolute atomic E-state index is 13.3. The van der Waals surface area contributed by atoms with Crippen molar-refractivity contribution < 1.29 is 12.7 Å². The first-order chi connectivity index (χ1) is 15.6. The van der Waals surface area contributed by atoms with Crippen LogP contribution in [0, 0.1) is 3.57 Å². The number of halogens is 1. The summed E-state index contributed by atoms with van der Waals surface area (Å²) in [4.78, 5) is 25.1. The predicted octanol–water partition coefficient (Wildman–Crippen LogP) is 6.45. The van der Waals surface area contributed by atoms with Gasteiger partial charge < -0.3 is 0 Å². The van der Waals surface area contributed by atoms with Crippen molar-refractivity contribution >= 4 is 33.0 Å². The summed E-state index contributed by atoms with van der Waals surface area (Å²) in [5.74, 6) is -1.01. The first-order valence-corrected chi connectivity index (χ1v) is 12.0. The highest BCUT2D eigenvalue weighted by Crippen LogP contribution is 2.43. The Balaban J connectivity index is 2.16. The number of rotatable bonds is 5. The minimum atomic E-state index is -1.73. The van der Waals surface area contributed by atoms with Gasteiger partial charge in [0.1, 0.15) is 0 Å². The summed E-state index contributed by atoms with van der Waals surface area (Å²) in [6.07, 6.45) is 0. The lowest BCUT2D eigenvalue weighted by molar-refractivity contribution is -0.118. The smallest absolute Gasteiger partial charge is 0.259 e. The number of hydrogen-bond donors (Lipinski definition) is 1. The molecule has 4 rings (SSSR count). The molecule has 5 heteroatoms. The van der Waals surface area contributed by atoms with Gasteiger partial charge in [0.2, 0.25) is 5.91 Å². The normalized spacial score (nSPS) is 10.5. The summed E-state index contributed by atoms with van der Waals surface area (Å²) in [6.45, 7) is 1.30. The van der Waals surface area contributed by atoms with Crippen LogP contribution in [0.15, 0.2) is 97.1 Å². The summed E-state index contributed by atoms with van der Waals surface area (Å²) in [5, 5.41) is 2.40. The second-order valence-corrected chi connectivity index (χ2v) is 8.74. The van der Waals surface area contributed by atoms with Crippen LogP contribution in [0.2, 0.25) is 0 Å². The molecule has 0 aliphatic carbocycles. The Labute approximate surface area is 197 Å². The van der Waals surface area contributed by atoms with Gasteiger partial charge in [0.15, 0.2) is 21.2 Å². The van der Waals surface area contributed by atoms with Crippen LogP contribution in [0.1, 0.15) is 17.3 Å². The molecule has 158 valence electrons. The highest BCUT2D eigenvalue weighted by Gasteiger charge is 2.26. The maximum atomic E-state index is 13.3. The Kier molecular flexibility index (Phi) is 6.66. The first-order valence-electron chi connectivity index (χ1n) is 10.1. The quantitative estimate of drug-likeness (QED) is 0.300. The zero-order valence-electron chi connectivity index (χ0n) is 17.3. The van der Waals surface area contributed by atoms with Crippen LogP contribution in [0.5, 0.6) is 0 Å². The minimum Gasteiger partial charge on any atom is -0.293 e. The van der Waals surface area contributed by atoms with E-state index in [9.17, 15) is 12.7 Å². The number of nitrogens with one attached hydrogen (secondary N) is 1. The lowest BCUT2D eigenvalue weighted by Crippen LogP contribution is -2.29. The average molecular weight is 533 g/mol. The van der Waals surface area contributed by atoms with Crippen molar-refractivity contribution in [3.05, 3.63) is 106 Å². The van der Waals surface area contributed by atoms with E-state index in [4.69, 9.17) is 0 Å². The standard InChI is InChI=1S/C27H20INO3/c1-18(30)29-27(31)25-24(21-15-9-4-10-16-21)22(19-11-5-2-6-12-19)17-23(26(25)28-32)20-13-7-3-8-14-20/h2-17H,1H3,(H,29,30,31). The molecule has 0 aliphatic heterocycles. The summed E-state index contributed by atoms with van der Waals surface area (Å²) >= 11 is -1.73. The summed E-state index contributed by atoms with van der Waals surface area (Å²) < 4.78 is 13.1. The third-order valence-electron chi connectivity index (χ3n) is 5.09. The van der Waals surface area contributed by atoms with Crippen molar-refractivity contribution in [2.45, 2.75) is 6.92 Å². The Hall–Kier alpha value is -3.45. The van der Waals surface area contributed by atoms with Crippen molar-refractivity contribution in [2.24, 2.45) is 0 Å². The van der Waals surface area contributed by atoms with Crippen LogP contribution in [0.3, 0.4) is 0 Å².